The molecule has 0 aliphatic carbocycles. The molecular formula is C9H12N4. The van der Waals surface area contributed by atoms with E-state index in [0.717, 1.165) is 11.3 Å². The van der Waals surface area contributed by atoms with Gasteiger partial charge in [0.1, 0.15) is 0 Å². The van der Waals surface area contributed by atoms with Gasteiger partial charge in [-0.25, -0.2) is 9.50 Å². The second-order valence-electron chi connectivity index (χ2n) is 3.20. The van der Waals surface area contributed by atoms with Gasteiger partial charge in [-0.2, -0.15) is 0 Å². The summed E-state index contributed by atoms with van der Waals surface area (Å²) in [6, 6.07) is 5.77. The van der Waals surface area contributed by atoms with Gasteiger partial charge in [0.15, 0.2) is 11.5 Å². The van der Waals surface area contributed by atoms with Crippen molar-refractivity contribution in [1.82, 2.24) is 14.6 Å². The van der Waals surface area contributed by atoms with Crippen molar-refractivity contribution in [2.45, 2.75) is 19.9 Å². The summed E-state index contributed by atoms with van der Waals surface area (Å²) in [7, 11) is 0. The van der Waals surface area contributed by atoms with E-state index in [2.05, 4.69) is 10.1 Å². The van der Waals surface area contributed by atoms with Crippen molar-refractivity contribution in [3.05, 3.63) is 29.7 Å². The molecule has 0 saturated carbocycles. The van der Waals surface area contributed by atoms with E-state index in [0.29, 0.717) is 5.82 Å². The van der Waals surface area contributed by atoms with Crippen molar-refractivity contribution in [2.24, 2.45) is 5.73 Å². The third-order valence-corrected chi connectivity index (χ3v) is 1.97. The van der Waals surface area contributed by atoms with E-state index < -0.39 is 0 Å². The number of hydrogen-bond donors (Lipinski definition) is 1. The molecule has 0 fully saturated rings. The highest BCUT2D eigenvalue weighted by atomic mass is 15.3. The first-order valence-electron chi connectivity index (χ1n) is 4.26. The van der Waals surface area contributed by atoms with Crippen LogP contribution in [0.1, 0.15) is 24.5 Å². The predicted octanol–water partition coefficient (Wildman–Crippen LogP) is 1.06. The van der Waals surface area contributed by atoms with Crippen molar-refractivity contribution in [3.63, 3.8) is 0 Å². The van der Waals surface area contributed by atoms with Crippen molar-refractivity contribution >= 4 is 5.65 Å². The summed E-state index contributed by atoms with van der Waals surface area (Å²) in [6.45, 7) is 3.87. The molecule has 0 aliphatic heterocycles. The molecular weight excluding hydrogens is 164 g/mol. The molecule has 0 spiro atoms. The Labute approximate surface area is 76.4 Å². The number of fused-ring (bicyclic) bond motifs is 1. The fourth-order valence-electron chi connectivity index (χ4n) is 1.25. The monoisotopic (exact) mass is 176 g/mol. The smallest absolute Gasteiger partial charge is 0.168 e. The zero-order valence-electron chi connectivity index (χ0n) is 7.73. The Kier molecular flexibility index (Phi) is 1.77. The minimum absolute atomic E-state index is 0.112. The molecule has 1 atom stereocenters. The fraction of sp³-hybridized carbons (Fsp3) is 0.333. The first kappa shape index (κ1) is 8.19. The zero-order valence-corrected chi connectivity index (χ0v) is 7.73. The fourth-order valence-corrected chi connectivity index (χ4v) is 1.25. The molecule has 4 heteroatoms. The van der Waals surface area contributed by atoms with Crippen molar-refractivity contribution in [1.29, 1.82) is 0 Å². The number of nitrogens with two attached hydrogens (primary N) is 1. The summed E-state index contributed by atoms with van der Waals surface area (Å²) in [4.78, 5) is 4.30. The van der Waals surface area contributed by atoms with Crippen molar-refractivity contribution < 1.29 is 0 Å². The molecule has 0 aromatic carbocycles. The second kappa shape index (κ2) is 2.81. The molecule has 2 rings (SSSR count). The summed E-state index contributed by atoms with van der Waals surface area (Å²) in [5.41, 5.74) is 7.61. The van der Waals surface area contributed by atoms with Crippen LogP contribution < -0.4 is 5.73 Å². The van der Waals surface area contributed by atoms with Crippen LogP contribution in [0.2, 0.25) is 0 Å². The minimum atomic E-state index is -0.112. The lowest BCUT2D eigenvalue weighted by atomic mass is 10.3. The predicted molar refractivity (Wildman–Crippen MR) is 50.3 cm³/mol. The molecule has 68 valence electrons. The molecule has 0 aliphatic rings. The third-order valence-electron chi connectivity index (χ3n) is 1.97. The van der Waals surface area contributed by atoms with Crippen LogP contribution in [0.5, 0.6) is 0 Å². The van der Waals surface area contributed by atoms with E-state index in [-0.39, 0.29) is 6.04 Å². The largest absolute Gasteiger partial charge is 0.321 e. The van der Waals surface area contributed by atoms with Gasteiger partial charge in [0, 0.05) is 5.69 Å². The van der Waals surface area contributed by atoms with Crippen LogP contribution in [-0.2, 0) is 0 Å². The summed E-state index contributed by atoms with van der Waals surface area (Å²) in [5, 5.41) is 4.29. The topological polar surface area (TPSA) is 56.2 Å². The Morgan fingerprint density at radius 1 is 1.46 bits per heavy atom. The number of nitrogens with zero attached hydrogens (tertiary/aromatic N) is 3. The van der Waals surface area contributed by atoms with Crippen LogP contribution in [0, 0.1) is 6.92 Å². The Morgan fingerprint density at radius 3 is 2.85 bits per heavy atom. The average molecular weight is 176 g/mol. The lowest BCUT2D eigenvalue weighted by Crippen LogP contribution is -2.07. The van der Waals surface area contributed by atoms with E-state index in [1.165, 1.54) is 0 Å². The summed E-state index contributed by atoms with van der Waals surface area (Å²) >= 11 is 0. The lowest BCUT2D eigenvalue weighted by molar-refractivity contribution is 0.729. The van der Waals surface area contributed by atoms with E-state index in [1.54, 1.807) is 4.52 Å². The van der Waals surface area contributed by atoms with Gasteiger partial charge in [0.2, 0.25) is 0 Å². The number of aryl methyl sites for hydroxylation is 1. The maximum atomic E-state index is 5.69. The van der Waals surface area contributed by atoms with Gasteiger partial charge in [-0.1, -0.05) is 6.07 Å². The molecule has 0 amide bonds. The Hall–Kier alpha value is -1.42. The van der Waals surface area contributed by atoms with E-state index in [9.17, 15) is 0 Å². The van der Waals surface area contributed by atoms with Crippen LogP contribution >= 0.6 is 0 Å². The maximum Gasteiger partial charge on any atom is 0.168 e. The van der Waals surface area contributed by atoms with E-state index in [4.69, 9.17) is 5.73 Å². The Bertz CT molecular complexity index is 430. The molecule has 1 unspecified atom stereocenters. The van der Waals surface area contributed by atoms with Crippen LogP contribution in [-0.4, -0.2) is 14.6 Å². The quantitative estimate of drug-likeness (QED) is 0.706. The molecule has 13 heavy (non-hydrogen) atoms. The average Bonchev–Trinajstić information content (AvgIpc) is 2.49. The van der Waals surface area contributed by atoms with E-state index >= 15 is 0 Å². The first-order valence-corrected chi connectivity index (χ1v) is 4.26. The van der Waals surface area contributed by atoms with Crippen LogP contribution in [0.25, 0.3) is 5.65 Å². The van der Waals surface area contributed by atoms with Crippen LogP contribution in [0.15, 0.2) is 18.2 Å². The van der Waals surface area contributed by atoms with Crippen LogP contribution in [0.3, 0.4) is 0 Å². The number of aromatic nitrogens is 3. The SMILES string of the molecule is Cc1cccc2nc(C(C)N)nn12. The number of rotatable bonds is 1. The molecule has 0 radical (unpaired) electrons. The van der Waals surface area contributed by atoms with Gasteiger partial charge in [0.25, 0.3) is 0 Å². The normalized spacial score (nSPS) is 13.5. The highest BCUT2D eigenvalue weighted by molar-refractivity contribution is 5.38. The van der Waals surface area contributed by atoms with Crippen LogP contribution in [0.4, 0.5) is 0 Å². The van der Waals surface area contributed by atoms with Gasteiger partial charge < -0.3 is 5.73 Å². The standard InChI is InChI=1S/C9H12N4/c1-6-4-3-5-8-11-9(7(2)10)12-13(6)8/h3-5,7H,10H2,1-2H3. The lowest BCUT2D eigenvalue weighted by Gasteiger charge is -1.95. The van der Waals surface area contributed by atoms with Crippen molar-refractivity contribution in [3.8, 4) is 0 Å². The number of pyridine rings is 1. The Morgan fingerprint density at radius 2 is 2.23 bits per heavy atom. The van der Waals surface area contributed by atoms with Gasteiger partial charge >= 0.3 is 0 Å². The van der Waals surface area contributed by atoms with Gasteiger partial charge in [-0.15, -0.1) is 5.10 Å². The second-order valence-corrected chi connectivity index (χ2v) is 3.20. The molecule has 2 aromatic rings. The Balaban J connectivity index is 2.68. The first-order chi connectivity index (χ1) is 6.18. The molecule has 2 aromatic heterocycles. The minimum Gasteiger partial charge on any atom is -0.321 e. The molecule has 2 N–H and O–H groups in total. The summed E-state index contributed by atoms with van der Waals surface area (Å²) in [5.74, 6) is 0.689. The highest BCUT2D eigenvalue weighted by Crippen LogP contribution is 2.08. The van der Waals surface area contributed by atoms with Gasteiger partial charge in [-0.05, 0) is 26.0 Å². The molecule has 0 saturated heterocycles. The number of hydrogen-bond acceptors (Lipinski definition) is 3. The molecule has 4 nitrogen and oxygen atoms in total. The summed E-state index contributed by atoms with van der Waals surface area (Å²) < 4.78 is 1.80. The van der Waals surface area contributed by atoms with Crippen molar-refractivity contribution in [2.75, 3.05) is 0 Å². The van der Waals surface area contributed by atoms with Gasteiger partial charge in [-0.3, -0.25) is 0 Å². The van der Waals surface area contributed by atoms with Gasteiger partial charge in [0.05, 0.1) is 6.04 Å². The summed E-state index contributed by atoms with van der Waals surface area (Å²) in [6.07, 6.45) is 0. The molecule has 0 bridgehead atoms. The molecule has 2 heterocycles. The van der Waals surface area contributed by atoms with E-state index in [1.807, 2.05) is 32.0 Å². The third kappa shape index (κ3) is 1.29. The highest BCUT2D eigenvalue weighted by Gasteiger charge is 2.07. The zero-order chi connectivity index (χ0) is 9.42. The maximum absolute atomic E-state index is 5.69.